The molecule has 0 unspecified atom stereocenters. The highest BCUT2D eigenvalue weighted by Gasteiger charge is 2.03. The van der Waals surface area contributed by atoms with Gasteiger partial charge in [0.1, 0.15) is 11.8 Å². The second-order valence-electron chi connectivity index (χ2n) is 4.01. The summed E-state index contributed by atoms with van der Waals surface area (Å²) in [6.45, 7) is 2.50. The third-order valence-corrected chi connectivity index (χ3v) is 2.57. The van der Waals surface area contributed by atoms with Crippen molar-refractivity contribution < 1.29 is 4.74 Å². The largest absolute Gasteiger partial charge is 0.494 e. The lowest BCUT2D eigenvalue weighted by molar-refractivity contribution is 0.340. The maximum Gasteiger partial charge on any atom is 0.123 e. The smallest absolute Gasteiger partial charge is 0.123 e. The maximum absolute atomic E-state index is 9.05. The van der Waals surface area contributed by atoms with Crippen molar-refractivity contribution >= 4 is 17.1 Å². The lowest BCUT2D eigenvalue weighted by Crippen LogP contribution is -1.98. The Morgan fingerprint density at radius 1 is 1.26 bits per heavy atom. The van der Waals surface area contributed by atoms with Gasteiger partial charge in [0.15, 0.2) is 0 Å². The molecule has 0 radical (unpaired) electrons. The summed E-state index contributed by atoms with van der Waals surface area (Å²) < 4.78 is 5.44. The van der Waals surface area contributed by atoms with E-state index in [0.29, 0.717) is 23.6 Å². The fourth-order valence-corrected chi connectivity index (χ4v) is 1.79. The molecular formula is C15H15N3O. The Balaban J connectivity index is 2.30. The first kappa shape index (κ1) is 12.8. The minimum atomic E-state index is 0.581. The Labute approximate surface area is 112 Å². The van der Waals surface area contributed by atoms with Gasteiger partial charge in [-0.25, -0.2) is 0 Å². The molecule has 0 aliphatic heterocycles. The van der Waals surface area contributed by atoms with Crippen molar-refractivity contribution in [2.24, 2.45) is 0 Å². The average Bonchev–Trinajstić information content (AvgIpc) is 2.39. The standard InChI is InChI=1S/C15H15N3O/c1-2-19-14-8-12(17)7-13(9-14)18-15-6-4-3-5-11(15)10-16/h3-9,18H,2,17H2,1H3. The van der Waals surface area contributed by atoms with Gasteiger partial charge in [0.2, 0.25) is 0 Å². The number of nitriles is 1. The molecule has 0 atom stereocenters. The second kappa shape index (κ2) is 5.78. The number of para-hydroxylation sites is 1. The third-order valence-electron chi connectivity index (χ3n) is 2.57. The van der Waals surface area contributed by atoms with Gasteiger partial charge in [0.25, 0.3) is 0 Å². The summed E-state index contributed by atoms with van der Waals surface area (Å²) in [6, 6.07) is 14.9. The number of rotatable bonds is 4. The van der Waals surface area contributed by atoms with Crippen LogP contribution in [-0.4, -0.2) is 6.61 Å². The van der Waals surface area contributed by atoms with Crippen LogP contribution in [0.25, 0.3) is 0 Å². The second-order valence-corrected chi connectivity index (χ2v) is 4.01. The Morgan fingerprint density at radius 2 is 2.05 bits per heavy atom. The lowest BCUT2D eigenvalue weighted by atomic mass is 10.2. The lowest BCUT2D eigenvalue weighted by Gasteiger charge is -2.11. The topological polar surface area (TPSA) is 71.1 Å². The zero-order chi connectivity index (χ0) is 13.7. The molecule has 0 aromatic heterocycles. The minimum absolute atomic E-state index is 0.581. The fraction of sp³-hybridized carbons (Fsp3) is 0.133. The van der Waals surface area contributed by atoms with E-state index < -0.39 is 0 Å². The number of benzene rings is 2. The normalized spacial score (nSPS) is 9.68. The number of nitrogens with one attached hydrogen (secondary N) is 1. The molecule has 0 heterocycles. The summed E-state index contributed by atoms with van der Waals surface area (Å²) in [5, 5.41) is 12.2. The van der Waals surface area contributed by atoms with Crippen molar-refractivity contribution in [1.82, 2.24) is 0 Å². The Kier molecular flexibility index (Phi) is 3.89. The maximum atomic E-state index is 9.05. The van der Waals surface area contributed by atoms with Crippen molar-refractivity contribution in [1.29, 1.82) is 5.26 Å². The molecule has 0 saturated heterocycles. The van der Waals surface area contributed by atoms with E-state index in [9.17, 15) is 0 Å². The molecule has 3 N–H and O–H groups in total. The fourth-order valence-electron chi connectivity index (χ4n) is 1.79. The monoisotopic (exact) mass is 253 g/mol. The molecule has 4 heteroatoms. The number of hydrogen-bond acceptors (Lipinski definition) is 4. The highest BCUT2D eigenvalue weighted by atomic mass is 16.5. The quantitative estimate of drug-likeness (QED) is 0.820. The van der Waals surface area contributed by atoms with E-state index in [2.05, 4.69) is 11.4 Å². The molecular weight excluding hydrogens is 238 g/mol. The summed E-state index contributed by atoms with van der Waals surface area (Å²) in [5.41, 5.74) is 8.57. The van der Waals surface area contributed by atoms with Crippen molar-refractivity contribution in [2.45, 2.75) is 6.92 Å². The molecule has 2 rings (SSSR count). The number of nitrogens with zero attached hydrogens (tertiary/aromatic N) is 1. The van der Waals surface area contributed by atoms with Gasteiger partial charge in [-0.15, -0.1) is 0 Å². The zero-order valence-electron chi connectivity index (χ0n) is 10.7. The molecule has 19 heavy (non-hydrogen) atoms. The summed E-state index contributed by atoms with van der Waals surface area (Å²) in [7, 11) is 0. The predicted octanol–water partition coefficient (Wildman–Crippen LogP) is 3.28. The molecule has 0 saturated carbocycles. The van der Waals surface area contributed by atoms with E-state index in [0.717, 1.165) is 11.4 Å². The number of hydrogen-bond donors (Lipinski definition) is 2. The van der Waals surface area contributed by atoms with Gasteiger partial charge in [0, 0.05) is 23.5 Å². The number of nitrogens with two attached hydrogens (primary N) is 1. The highest BCUT2D eigenvalue weighted by Crippen LogP contribution is 2.26. The predicted molar refractivity (Wildman–Crippen MR) is 76.5 cm³/mol. The first-order chi connectivity index (χ1) is 9.22. The molecule has 2 aromatic carbocycles. The Bertz CT molecular complexity index is 617. The van der Waals surface area contributed by atoms with Crippen molar-refractivity contribution in [3.05, 3.63) is 48.0 Å². The van der Waals surface area contributed by atoms with Crippen LogP contribution in [0, 0.1) is 11.3 Å². The van der Waals surface area contributed by atoms with Gasteiger partial charge >= 0.3 is 0 Å². The molecule has 0 bridgehead atoms. The van der Waals surface area contributed by atoms with Crippen LogP contribution in [0.3, 0.4) is 0 Å². The molecule has 0 amide bonds. The number of anilines is 3. The molecule has 0 spiro atoms. The van der Waals surface area contributed by atoms with Crippen LogP contribution < -0.4 is 15.8 Å². The van der Waals surface area contributed by atoms with E-state index in [1.807, 2.05) is 31.2 Å². The van der Waals surface area contributed by atoms with Gasteiger partial charge < -0.3 is 15.8 Å². The van der Waals surface area contributed by atoms with E-state index in [-0.39, 0.29) is 0 Å². The molecule has 0 aliphatic rings. The molecule has 2 aromatic rings. The SMILES string of the molecule is CCOc1cc(N)cc(Nc2ccccc2C#N)c1. The van der Waals surface area contributed by atoms with Crippen LogP contribution in [-0.2, 0) is 0 Å². The van der Waals surface area contributed by atoms with E-state index >= 15 is 0 Å². The molecule has 0 fully saturated rings. The van der Waals surface area contributed by atoms with Gasteiger partial charge in [-0.2, -0.15) is 5.26 Å². The molecule has 4 nitrogen and oxygen atoms in total. The zero-order valence-corrected chi connectivity index (χ0v) is 10.7. The van der Waals surface area contributed by atoms with E-state index in [4.69, 9.17) is 15.7 Å². The Hall–Kier alpha value is -2.67. The first-order valence-electron chi connectivity index (χ1n) is 6.02. The summed E-state index contributed by atoms with van der Waals surface area (Å²) >= 11 is 0. The number of ether oxygens (including phenoxy) is 1. The van der Waals surface area contributed by atoms with Crippen LogP contribution in [0.15, 0.2) is 42.5 Å². The van der Waals surface area contributed by atoms with Gasteiger partial charge in [-0.1, -0.05) is 12.1 Å². The summed E-state index contributed by atoms with van der Waals surface area (Å²) in [5.74, 6) is 0.708. The van der Waals surface area contributed by atoms with Crippen LogP contribution >= 0.6 is 0 Å². The van der Waals surface area contributed by atoms with Crippen LogP contribution in [0.2, 0.25) is 0 Å². The van der Waals surface area contributed by atoms with Crippen LogP contribution in [0.5, 0.6) is 5.75 Å². The summed E-state index contributed by atoms with van der Waals surface area (Å²) in [6.07, 6.45) is 0. The third kappa shape index (κ3) is 3.17. The summed E-state index contributed by atoms with van der Waals surface area (Å²) in [4.78, 5) is 0. The van der Waals surface area contributed by atoms with Crippen LogP contribution in [0.4, 0.5) is 17.1 Å². The average molecular weight is 253 g/mol. The Morgan fingerprint density at radius 3 is 2.79 bits per heavy atom. The minimum Gasteiger partial charge on any atom is -0.494 e. The first-order valence-corrected chi connectivity index (χ1v) is 6.02. The number of nitrogen functional groups attached to an aromatic ring is 1. The molecule has 96 valence electrons. The van der Waals surface area contributed by atoms with E-state index in [1.54, 1.807) is 18.2 Å². The van der Waals surface area contributed by atoms with Crippen LogP contribution in [0.1, 0.15) is 12.5 Å². The van der Waals surface area contributed by atoms with Crippen molar-refractivity contribution in [2.75, 3.05) is 17.7 Å². The van der Waals surface area contributed by atoms with Gasteiger partial charge in [-0.3, -0.25) is 0 Å². The van der Waals surface area contributed by atoms with Crippen molar-refractivity contribution in [3.8, 4) is 11.8 Å². The molecule has 0 aliphatic carbocycles. The van der Waals surface area contributed by atoms with E-state index in [1.165, 1.54) is 0 Å². The highest BCUT2D eigenvalue weighted by molar-refractivity contribution is 5.70. The van der Waals surface area contributed by atoms with Gasteiger partial charge in [0.05, 0.1) is 17.9 Å². The van der Waals surface area contributed by atoms with Gasteiger partial charge in [-0.05, 0) is 25.1 Å². The van der Waals surface area contributed by atoms with Crippen molar-refractivity contribution in [3.63, 3.8) is 0 Å².